The number of carbonyl (C=O) groups excluding carboxylic acids is 1. The van der Waals surface area contributed by atoms with E-state index >= 15 is 0 Å². The van der Waals surface area contributed by atoms with Crippen LogP contribution in [0.4, 0.5) is 0 Å². The molecule has 9 heteroatoms. The molecule has 4 aromatic heterocycles. The van der Waals surface area contributed by atoms with Crippen LogP contribution in [0.15, 0.2) is 54.3 Å². The van der Waals surface area contributed by atoms with Gasteiger partial charge in [-0.25, -0.2) is 9.97 Å². The van der Waals surface area contributed by atoms with Crippen LogP contribution in [0.25, 0.3) is 16.5 Å². The number of amides is 1. The minimum Gasteiger partial charge on any atom is -0.378 e. The highest BCUT2D eigenvalue weighted by Crippen LogP contribution is 2.26. The molecule has 4 aromatic rings. The zero-order valence-electron chi connectivity index (χ0n) is 18.2. The van der Waals surface area contributed by atoms with Crippen LogP contribution in [0.5, 0.6) is 0 Å². The number of methoxy groups -OCH3 is 1. The number of likely N-dealkylation sites (N-methyl/N-ethyl adjacent to an activating group) is 1. The van der Waals surface area contributed by atoms with Crippen molar-refractivity contribution < 1.29 is 9.53 Å². The summed E-state index contributed by atoms with van der Waals surface area (Å²) in [4.78, 5) is 29.4. The molecule has 0 saturated carbocycles. The van der Waals surface area contributed by atoms with E-state index in [0.717, 1.165) is 21.8 Å². The summed E-state index contributed by atoms with van der Waals surface area (Å²) >= 11 is 1.62. The van der Waals surface area contributed by atoms with Crippen molar-refractivity contribution in [2.75, 3.05) is 20.7 Å². The fourth-order valence-electron chi connectivity index (χ4n) is 3.33. The number of aryl methyl sites for hydroxylation is 1. The molecular formula is C23H24N6O2S. The SMILES string of the molecule is COCc1c(C(=O)N(C)CCc2ccccn2)cnn1-c1ncc(C)c(-c2cccs2)n1. The highest BCUT2D eigenvalue weighted by atomic mass is 32.1. The highest BCUT2D eigenvalue weighted by Gasteiger charge is 2.23. The lowest BCUT2D eigenvalue weighted by atomic mass is 10.2. The van der Waals surface area contributed by atoms with E-state index in [9.17, 15) is 4.79 Å². The summed E-state index contributed by atoms with van der Waals surface area (Å²) in [5, 5.41) is 6.45. The van der Waals surface area contributed by atoms with Crippen molar-refractivity contribution in [2.24, 2.45) is 0 Å². The molecule has 0 N–H and O–H groups in total. The van der Waals surface area contributed by atoms with E-state index in [1.807, 2.05) is 42.6 Å². The molecule has 0 aliphatic rings. The van der Waals surface area contributed by atoms with Crippen LogP contribution in [-0.2, 0) is 17.8 Å². The van der Waals surface area contributed by atoms with Gasteiger partial charge in [0.15, 0.2) is 0 Å². The van der Waals surface area contributed by atoms with Crippen LogP contribution < -0.4 is 0 Å². The zero-order valence-corrected chi connectivity index (χ0v) is 19.0. The molecule has 4 rings (SSSR count). The minimum absolute atomic E-state index is 0.134. The monoisotopic (exact) mass is 448 g/mol. The molecule has 164 valence electrons. The third kappa shape index (κ3) is 4.58. The topological polar surface area (TPSA) is 86.0 Å². The zero-order chi connectivity index (χ0) is 22.5. The second-order valence-corrected chi connectivity index (χ2v) is 8.27. The molecule has 0 fully saturated rings. The van der Waals surface area contributed by atoms with E-state index in [1.54, 1.807) is 53.7 Å². The van der Waals surface area contributed by atoms with Gasteiger partial charge in [0.05, 0.1) is 34.6 Å². The predicted molar refractivity (Wildman–Crippen MR) is 123 cm³/mol. The number of thiophene rings is 1. The highest BCUT2D eigenvalue weighted by molar-refractivity contribution is 7.13. The summed E-state index contributed by atoms with van der Waals surface area (Å²) in [6, 6.07) is 9.78. The summed E-state index contributed by atoms with van der Waals surface area (Å²) in [6.45, 7) is 2.72. The van der Waals surface area contributed by atoms with Crippen LogP contribution in [-0.4, -0.2) is 56.2 Å². The van der Waals surface area contributed by atoms with Crippen molar-refractivity contribution in [1.29, 1.82) is 0 Å². The lowest BCUT2D eigenvalue weighted by Gasteiger charge is -2.17. The maximum Gasteiger partial charge on any atom is 0.257 e. The van der Waals surface area contributed by atoms with Crippen molar-refractivity contribution in [2.45, 2.75) is 20.0 Å². The minimum atomic E-state index is -0.134. The van der Waals surface area contributed by atoms with Crippen molar-refractivity contribution in [3.05, 3.63) is 76.8 Å². The number of carbonyl (C=O) groups is 1. The van der Waals surface area contributed by atoms with Crippen molar-refractivity contribution in [3.63, 3.8) is 0 Å². The molecule has 0 radical (unpaired) electrons. The molecule has 0 aliphatic heterocycles. The van der Waals surface area contributed by atoms with Crippen LogP contribution in [0.1, 0.15) is 27.3 Å². The van der Waals surface area contributed by atoms with E-state index < -0.39 is 0 Å². The van der Waals surface area contributed by atoms with Crippen LogP contribution in [0.3, 0.4) is 0 Å². The van der Waals surface area contributed by atoms with Crippen LogP contribution in [0, 0.1) is 6.92 Å². The van der Waals surface area contributed by atoms with Crippen LogP contribution >= 0.6 is 11.3 Å². The summed E-state index contributed by atoms with van der Waals surface area (Å²) in [6.07, 6.45) is 5.75. The van der Waals surface area contributed by atoms with Gasteiger partial charge in [-0.2, -0.15) is 9.78 Å². The molecule has 0 bridgehead atoms. The third-order valence-electron chi connectivity index (χ3n) is 5.06. The maximum absolute atomic E-state index is 13.2. The first kappa shape index (κ1) is 21.8. The Kier molecular flexibility index (Phi) is 6.67. The standard InChI is InChI=1S/C23H24N6O2S/c1-16-13-25-23(27-21(16)20-8-6-12-32-20)29-19(15-31-3)18(14-26-29)22(30)28(2)11-9-17-7-4-5-10-24-17/h4-8,10,12-14H,9,11,15H2,1-3H3. The van der Waals surface area contributed by atoms with Crippen molar-refractivity contribution >= 4 is 17.2 Å². The number of aromatic nitrogens is 5. The fraction of sp³-hybridized carbons (Fsp3) is 0.261. The van der Waals surface area contributed by atoms with Gasteiger partial charge in [-0.1, -0.05) is 12.1 Å². The van der Waals surface area contributed by atoms with E-state index in [2.05, 4.69) is 15.1 Å². The van der Waals surface area contributed by atoms with Gasteiger partial charge in [-0.3, -0.25) is 9.78 Å². The Labute approximate surface area is 190 Å². The lowest BCUT2D eigenvalue weighted by Crippen LogP contribution is -2.29. The van der Waals surface area contributed by atoms with Gasteiger partial charge in [-0.05, 0) is 36.1 Å². The number of pyridine rings is 1. The second kappa shape index (κ2) is 9.80. The normalized spacial score (nSPS) is 11.0. The van der Waals surface area contributed by atoms with E-state index in [0.29, 0.717) is 30.2 Å². The maximum atomic E-state index is 13.2. The van der Waals surface area contributed by atoms with Gasteiger partial charge in [-0.15, -0.1) is 11.3 Å². The number of hydrogen-bond acceptors (Lipinski definition) is 7. The third-order valence-corrected chi connectivity index (χ3v) is 5.94. The average Bonchev–Trinajstić information content (AvgIpc) is 3.49. The van der Waals surface area contributed by atoms with Crippen molar-refractivity contribution in [3.8, 4) is 16.5 Å². The Hall–Kier alpha value is -3.43. The molecule has 0 atom stereocenters. The predicted octanol–water partition coefficient (Wildman–Crippen LogP) is 3.56. The first-order valence-electron chi connectivity index (χ1n) is 10.2. The van der Waals surface area contributed by atoms with Gasteiger partial charge in [0, 0.05) is 45.2 Å². The molecule has 1 amide bonds. The summed E-state index contributed by atoms with van der Waals surface area (Å²) in [5.41, 5.74) is 3.85. The van der Waals surface area contributed by atoms with Gasteiger partial charge < -0.3 is 9.64 Å². The molecule has 32 heavy (non-hydrogen) atoms. The van der Waals surface area contributed by atoms with Crippen molar-refractivity contribution in [1.82, 2.24) is 29.6 Å². The van der Waals surface area contributed by atoms with E-state index in [-0.39, 0.29) is 12.5 Å². The largest absolute Gasteiger partial charge is 0.378 e. The van der Waals surface area contributed by atoms with Gasteiger partial charge >= 0.3 is 0 Å². The quantitative estimate of drug-likeness (QED) is 0.410. The summed E-state index contributed by atoms with van der Waals surface area (Å²) < 4.78 is 6.96. The first-order valence-corrected chi connectivity index (χ1v) is 11.1. The Morgan fingerprint density at radius 1 is 1.19 bits per heavy atom. The molecule has 0 unspecified atom stereocenters. The molecular weight excluding hydrogens is 424 g/mol. The average molecular weight is 449 g/mol. The molecule has 0 aliphatic carbocycles. The summed E-state index contributed by atoms with van der Waals surface area (Å²) in [7, 11) is 3.36. The summed E-state index contributed by atoms with van der Waals surface area (Å²) in [5.74, 6) is 0.270. The first-order chi connectivity index (χ1) is 15.6. The van der Waals surface area contributed by atoms with Gasteiger partial charge in [0.25, 0.3) is 11.9 Å². The smallest absolute Gasteiger partial charge is 0.257 e. The number of hydrogen-bond donors (Lipinski definition) is 0. The van der Waals surface area contributed by atoms with Gasteiger partial charge in [0.2, 0.25) is 0 Å². The van der Waals surface area contributed by atoms with E-state index in [4.69, 9.17) is 9.72 Å². The molecule has 4 heterocycles. The molecule has 0 aromatic carbocycles. The fourth-order valence-corrected chi connectivity index (χ4v) is 4.11. The Morgan fingerprint density at radius 3 is 2.78 bits per heavy atom. The van der Waals surface area contributed by atoms with Gasteiger partial charge in [0.1, 0.15) is 0 Å². The lowest BCUT2D eigenvalue weighted by molar-refractivity contribution is 0.0791. The second-order valence-electron chi connectivity index (χ2n) is 7.33. The molecule has 8 nitrogen and oxygen atoms in total. The Morgan fingerprint density at radius 2 is 2.06 bits per heavy atom. The number of ether oxygens (including phenoxy) is 1. The van der Waals surface area contributed by atoms with Crippen LogP contribution in [0.2, 0.25) is 0 Å². The Bertz CT molecular complexity index is 1190. The molecule has 0 spiro atoms. The Balaban J connectivity index is 1.61. The molecule has 0 saturated heterocycles. The van der Waals surface area contributed by atoms with E-state index in [1.165, 1.54) is 0 Å². The number of rotatable bonds is 8. The number of nitrogens with zero attached hydrogens (tertiary/aromatic N) is 6.